The molecule has 5 rings (SSSR count). The van der Waals surface area contributed by atoms with Gasteiger partial charge in [-0.1, -0.05) is 30.2 Å². The van der Waals surface area contributed by atoms with Gasteiger partial charge >= 0.3 is 6.18 Å². The standard InChI is InChI=1S/C29H30ClF3N4O3S/c1-40-13-12-35-10-3-2-4-23(35)9-11-36-27(38)26(41-28(36)39)15-19-5-8-25-21(14-19)17-34-37(25)18-20-6-7-22(30)16-24(20)29(31,32)33/h5-8,14-17,23H,2-4,9-13,18H2,1H3/b26-15-. The number of thioether (sulfide) groups is 1. The topological polar surface area (TPSA) is 67.7 Å². The molecule has 3 aromatic rings. The first-order chi connectivity index (χ1) is 19.6. The molecule has 3 heterocycles. The first-order valence-corrected chi connectivity index (χ1v) is 14.6. The lowest BCUT2D eigenvalue weighted by Crippen LogP contribution is -2.43. The molecular weight excluding hydrogens is 577 g/mol. The fourth-order valence-corrected chi connectivity index (χ4v) is 6.48. The Morgan fingerprint density at radius 2 is 1.98 bits per heavy atom. The van der Waals surface area contributed by atoms with Gasteiger partial charge in [0, 0.05) is 36.7 Å². The highest BCUT2D eigenvalue weighted by molar-refractivity contribution is 8.18. The van der Waals surface area contributed by atoms with E-state index >= 15 is 0 Å². The van der Waals surface area contributed by atoms with Crippen LogP contribution in [0.15, 0.2) is 47.5 Å². The number of halogens is 4. The van der Waals surface area contributed by atoms with E-state index in [-0.39, 0.29) is 28.3 Å². The van der Waals surface area contributed by atoms with Crippen LogP contribution >= 0.6 is 23.4 Å². The number of imide groups is 1. The third-order valence-electron chi connectivity index (χ3n) is 7.55. The number of methoxy groups -OCH3 is 1. The summed E-state index contributed by atoms with van der Waals surface area (Å²) in [6, 6.07) is 9.33. The molecule has 2 amide bonds. The molecule has 2 saturated heterocycles. The highest BCUT2D eigenvalue weighted by Gasteiger charge is 2.36. The van der Waals surface area contributed by atoms with E-state index in [0.717, 1.165) is 56.6 Å². The molecule has 0 aliphatic carbocycles. The van der Waals surface area contributed by atoms with E-state index < -0.39 is 11.7 Å². The molecule has 1 aromatic heterocycles. The number of amides is 2. The largest absolute Gasteiger partial charge is 0.416 e. The summed E-state index contributed by atoms with van der Waals surface area (Å²) in [6.07, 6.45) is 2.75. The lowest BCUT2D eigenvalue weighted by atomic mass is 9.99. The second-order valence-corrected chi connectivity index (χ2v) is 11.6. The first kappa shape index (κ1) is 29.6. The summed E-state index contributed by atoms with van der Waals surface area (Å²) >= 11 is 6.73. The Hall–Kier alpha value is -2.86. The molecule has 0 saturated carbocycles. The second-order valence-electron chi connectivity index (χ2n) is 10.2. The van der Waals surface area contributed by atoms with Gasteiger partial charge in [-0.2, -0.15) is 18.3 Å². The summed E-state index contributed by atoms with van der Waals surface area (Å²) in [5.74, 6) is -0.308. The zero-order valence-corrected chi connectivity index (χ0v) is 24.1. The van der Waals surface area contributed by atoms with Gasteiger partial charge in [-0.15, -0.1) is 0 Å². The van der Waals surface area contributed by atoms with Gasteiger partial charge in [0.05, 0.1) is 35.3 Å². The number of benzene rings is 2. The van der Waals surface area contributed by atoms with Crippen molar-refractivity contribution >= 4 is 51.5 Å². The zero-order valence-electron chi connectivity index (χ0n) is 22.5. The van der Waals surface area contributed by atoms with E-state index in [0.29, 0.717) is 40.6 Å². The fraction of sp³-hybridized carbons (Fsp3) is 0.414. The molecule has 218 valence electrons. The third-order valence-corrected chi connectivity index (χ3v) is 8.69. The number of hydrogen-bond donors (Lipinski definition) is 0. The number of carbonyl (C=O) groups excluding carboxylic acids is 2. The minimum Gasteiger partial charge on any atom is -0.383 e. The van der Waals surface area contributed by atoms with Crippen molar-refractivity contribution in [1.82, 2.24) is 19.6 Å². The molecule has 0 N–H and O–H groups in total. The Morgan fingerprint density at radius 1 is 1.15 bits per heavy atom. The summed E-state index contributed by atoms with van der Waals surface area (Å²) in [6.45, 7) is 2.77. The van der Waals surface area contributed by atoms with E-state index in [1.165, 1.54) is 21.7 Å². The maximum absolute atomic E-state index is 13.6. The molecule has 0 bridgehead atoms. The van der Waals surface area contributed by atoms with Gasteiger partial charge in [0.25, 0.3) is 11.1 Å². The molecule has 2 aliphatic rings. The Kier molecular flexibility index (Phi) is 9.08. The maximum atomic E-state index is 13.6. The number of ether oxygens (including phenoxy) is 1. The summed E-state index contributed by atoms with van der Waals surface area (Å²) < 4.78 is 47.4. The molecule has 0 radical (unpaired) electrons. The van der Waals surface area contributed by atoms with Crippen molar-refractivity contribution in [2.75, 3.05) is 33.4 Å². The predicted molar refractivity (Wildman–Crippen MR) is 154 cm³/mol. The monoisotopic (exact) mass is 606 g/mol. The van der Waals surface area contributed by atoms with Crippen LogP contribution < -0.4 is 0 Å². The first-order valence-electron chi connectivity index (χ1n) is 13.4. The number of aromatic nitrogens is 2. The van der Waals surface area contributed by atoms with Gasteiger partial charge in [0.15, 0.2) is 0 Å². The van der Waals surface area contributed by atoms with E-state index in [4.69, 9.17) is 16.3 Å². The van der Waals surface area contributed by atoms with E-state index in [2.05, 4.69) is 10.00 Å². The van der Waals surface area contributed by atoms with Crippen molar-refractivity contribution in [3.63, 3.8) is 0 Å². The smallest absolute Gasteiger partial charge is 0.383 e. The average molecular weight is 607 g/mol. The molecule has 2 fully saturated rings. The molecule has 1 unspecified atom stereocenters. The Labute approximate surface area is 245 Å². The maximum Gasteiger partial charge on any atom is 0.416 e. The average Bonchev–Trinajstić information content (AvgIpc) is 3.45. The van der Waals surface area contributed by atoms with E-state index in [1.807, 2.05) is 0 Å². The molecule has 12 heteroatoms. The molecular formula is C29H30ClF3N4O3S. The fourth-order valence-electron chi connectivity index (χ4n) is 5.45. The zero-order chi connectivity index (χ0) is 29.1. The third kappa shape index (κ3) is 6.80. The van der Waals surface area contributed by atoms with Gasteiger partial charge in [0.2, 0.25) is 0 Å². The second kappa shape index (κ2) is 12.6. The van der Waals surface area contributed by atoms with E-state index in [1.54, 1.807) is 37.6 Å². The van der Waals surface area contributed by atoms with Gasteiger partial charge < -0.3 is 4.74 Å². The summed E-state index contributed by atoms with van der Waals surface area (Å²) in [4.78, 5) is 29.9. The number of carbonyl (C=O) groups is 2. The SMILES string of the molecule is COCCN1CCCCC1CCN1C(=O)S/C(=C\c2ccc3c(cnn3Cc3ccc(Cl)cc3C(F)(F)F)c2)C1=O. The van der Waals surface area contributed by atoms with Crippen LogP contribution in [0, 0.1) is 0 Å². The number of fused-ring (bicyclic) bond motifs is 1. The van der Waals surface area contributed by atoms with Crippen molar-refractivity contribution in [2.45, 2.75) is 44.4 Å². The van der Waals surface area contributed by atoms with Gasteiger partial charge in [-0.3, -0.25) is 24.1 Å². The normalized spacial score (nSPS) is 19.7. The van der Waals surface area contributed by atoms with Crippen LogP contribution in [0.5, 0.6) is 0 Å². The highest BCUT2D eigenvalue weighted by Crippen LogP contribution is 2.35. The van der Waals surface area contributed by atoms with Crippen LogP contribution in [-0.2, 0) is 22.3 Å². The highest BCUT2D eigenvalue weighted by atomic mass is 35.5. The Morgan fingerprint density at radius 3 is 2.76 bits per heavy atom. The summed E-state index contributed by atoms with van der Waals surface area (Å²) in [7, 11) is 1.68. The number of rotatable bonds is 9. The summed E-state index contributed by atoms with van der Waals surface area (Å²) in [5.41, 5.74) is 0.596. The van der Waals surface area contributed by atoms with Gasteiger partial charge in [0.1, 0.15) is 0 Å². The molecule has 2 aliphatic heterocycles. The van der Waals surface area contributed by atoms with Crippen LogP contribution in [0.1, 0.15) is 42.4 Å². The number of piperidine rings is 1. The number of alkyl halides is 3. The predicted octanol–water partition coefficient (Wildman–Crippen LogP) is 6.68. The molecule has 41 heavy (non-hydrogen) atoms. The molecule has 0 spiro atoms. The number of nitrogens with zero attached hydrogens (tertiary/aromatic N) is 4. The van der Waals surface area contributed by atoms with Crippen LogP contribution in [0.2, 0.25) is 5.02 Å². The quantitative estimate of drug-likeness (QED) is 0.253. The molecule has 1 atom stereocenters. The van der Waals surface area contributed by atoms with Crippen molar-refractivity contribution in [2.24, 2.45) is 0 Å². The van der Waals surface area contributed by atoms with Crippen LogP contribution in [0.3, 0.4) is 0 Å². The van der Waals surface area contributed by atoms with Crippen molar-refractivity contribution < 1.29 is 27.5 Å². The summed E-state index contributed by atoms with van der Waals surface area (Å²) in [5, 5.41) is 4.73. The minimum absolute atomic E-state index is 0.0125. The molecule has 7 nitrogen and oxygen atoms in total. The number of hydrogen-bond acceptors (Lipinski definition) is 6. The Balaban J connectivity index is 1.28. The van der Waals surface area contributed by atoms with Crippen molar-refractivity contribution in [3.8, 4) is 0 Å². The van der Waals surface area contributed by atoms with E-state index in [9.17, 15) is 22.8 Å². The molecule has 2 aromatic carbocycles. The Bertz CT molecular complexity index is 1480. The van der Waals surface area contributed by atoms with Crippen LogP contribution in [-0.4, -0.2) is 70.1 Å². The van der Waals surface area contributed by atoms with Crippen LogP contribution in [0.25, 0.3) is 17.0 Å². The van der Waals surface area contributed by atoms with Crippen molar-refractivity contribution in [3.05, 3.63) is 69.2 Å². The van der Waals surface area contributed by atoms with Crippen molar-refractivity contribution in [1.29, 1.82) is 0 Å². The van der Waals surface area contributed by atoms with Crippen LogP contribution in [0.4, 0.5) is 18.0 Å². The van der Waals surface area contributed by atoms with Gasteiger partial charge in [-0.05, 0) is 79.0 Å². The lowest BCUT2D eigenvalue weighted by molar-refractivity contribution is -0.138. The lowest BCUT2D eigenvalue weighted by Gasteiger charge is -2.36. The van der Waals surface area contributed by atoms with Gasteiger partial charge in [-0.25, -0.2) is 0 Å². The number of likely N-dealkylation sites (tertiary alicyclic amines) is 1. The minimum atomic E-state index is -4.54.